The minimum Gasteiger partial charge on any atom is -0.468 e. The number of ether oxygens (including phenoxy) is 2. The number of benzene rings is 1. The Morgan fingerprint density at radius 2 is 1.57 bits per heavy atom. The highest BCUT2D eigenvalue weighted by atomic mass is 19.1. The lowest BCUT2D eigenvalue weighted by Crippen LogP contribution is -2.40. The predicted octanol–water partition coefficient (Wildman–Crippen LogP) is 0.753. The van der Waals surface area contributed by atoms with Crippen molar-refractivity contribution in [2.45, 2.75) is 0 Å². The Kier molecular flexibility index (Phi) is 5.77. The molecule has 114 valence electrons. The van der Waals surface area contributed by atoms with Crippen LogP contribution in [0.25, 0.3) is 0 Å². The molecule has 1 aromatic carbocycles. The summed E-state index contributed by atoms with van der Waals surface area (Å²) in [6, 6.07) is 2.35. The number of hydrogen-bond donors (Lipinski definition) is 0. The van der Waals surface area contributed by atoms with Crippen molar-refractivity contribution >= 4 is 17.8 Å². The van der Waals surface area contributed by atoms with E-state index in [-0.39, 0.29) is 0 Å². The molecule has 0 fully saturated rings. The van der Waals surface area contributed by atoms with Gasteiger partial charge in [-0.05, 0) is 12.1 Å². The van der Waals surface area contributed by atoms with Gasteiger partial charge < -0.3 is 14.4 Å². The minimum atomic E-state index is -1.10. The van der Waals surface area contributed by atoms with Crippen LogP contribution in [0, 0.1) is 11.6 Å². The van der Waals surface area contributed by atoms with Crippen LogP contribution in [0.2, 0.25) is 0 Å². The van der Waals surface area contributed by atoms with Gasteiger partial charge in [0.15, 0.2) is 0 Å². The van der Waals surface area contributed by atoms with Gasteiger partial charge in [-0.3, -0.25) is 14.4 Å². The molecule has 0 radical (unpaired) electrons. The van der Waals surface area contributed by atoms with E-state index in [0.717, 1.165) is 31.3 Å². The number of halogens is 2. The highest BCUT2D eigenvalue weighted by molar-refractivity contribution is 5.97. The van der Waals surface area contributed by atoms with E-state index in [2.05, 4.69) is 9.47 Å². The Balaban J connectivity index is 3.02. The first-order chi connectivity index (χ1) is 9.88. The minimum absolute atomic E-state index is 0.468. The molecule has 1 aromatic rings. The van der Waals surface area contributed by atoms with E-state index in [9.17, 15) is 23.2 Å². The van der Waals surface area contributed by atoms with Crippen molar-refractivity contribution in [3.8, 4) is 0 Å². The number of hydrogen-bond acceptors (Lipinski definition) is 5. The third-order valence-electron chi connectivity index (χ3n) is 2.54. The van der Waals surface area contributed by atoms with Gasteiger partial charge in [0.25, 0.3) is 5.91 Å². The Hall–Kier alpha value is -2.51. The fourth-order valence-electron chi connectivity index (χ4n) is 1.47. The summed E-state index contributed by atoms with van der Waals surface area (Å²) in [6.07, 6.45) is 0. The number of amides is 1. The van der Waals surface area contributed by atoms with E-state index in [1.807, 2.05) is 0 Å². The lowest BCUT2D eigenvalue weighted by molar-refractivity contribution is -0.144. The number of esters is 2. The van der Waals surface area contributed by atoms with E-state index in [1.165, 1.54) is 0 Å². The molecular formula is C13H13F2NO5. The van der Waals surface area contributed by atoms with Gasteiger partial charge in [0.1, 0.15) is 24.7 Å². The zero-order valence-corrected chi connectivity index (χ0v) is 11.4. The molecule has 1 rings (SSSR count). The molecule has 0 unspecified atom stereocenters. The van der Waals surface area contributed by atoms with Crippen molar-refractivity contribution in [2.75, 3.05) is 27.3 Å². The number of carbonyl (C=O) groups excluding carboxylic acids is 3. The molecule has 0 heterocycles. The quantitative estimate of drug-likeness (QED) is 0.751. The van der Waals surface area contributed by atoms with Crippen LogP contribution in [0.1, 0.15) is 10.4 Å². The molecule has 0 aromatic heterocycles. The summed E-state index contributed by atoms with van der Waals surface area (Å²) in [4.78, 5) is 35.4. The third kappa shape index (κ3) is 4.51. The summed E-state index contributed by atoms with van der Waals surface area (Å²) in [7, 11) is 2.20. The molecule has 0 aliphatic rings. The lowest BCUT2D eigenvalue weighted by atomic mass is 10.1. The second-order valence-electron chi connectivity index (χ2n) is 3.94. The van der Waals surface area contributed by atoms with Gasteiger partial charge in [0.2, 0.25) is 0 Å². The van der Waals surface area contributed by atoms with Crippen molar-refractivity contribution in [1.29, 1.82) is 0 Å². The lowest BCUT2D eigenvalue weighted by Gasteiger charge is -2.20. The summed E-state index contributed by atoms with van der Waals surface area (Å²) >= 11 is 0. The second kappa shape index (κ2) is 7.32. The van der Waals surface area contributed by atoms with Crippen LogP contribution in [0.4, 0.5) is 8.78 Å². The largest absolute Gasteiger partial charge is 0.468 e. The van der Waals surface area contributed by atoms with Crippen LogP contribution in [0.5, 0.6) is 0 Å². The van der Waals surface area contributed by atoms with Crippen molar-refractivity contribution in [2.24, 2.45) is 0 Å². The maximum Gasteiger partial charge on any atom is 0.325 e. The molecule has 21 heavy (non-hydrogen) atoms. The molecule has 0 saturated heterocycles. The molecule has 0 atom stereocenters. The van der Waals surface area contributed by atoms with Crippen LogP contribution in [0.15, 0.2) is 18.2 Å². The molecule has 0 bridgehead atoms. The van der Waals surface area contributed by atoms with Crippen molar-refractivity contribution in [3.63, 3.8) is 0 Å². The molecule has 0 aliphatic heterocycles. The van der Waals surface area contributed by atoms with Crippen molar-refractivity contribution in [1.82, 2.24) is 4.90 Å². The summed E-state index contributed by atoms with van der Waals surface area (Å²) in [5.74, 6) is -4.50. The highest BCUT2D eigenvalue weighted by Crippen LogP contribution is 2.12. The summed E-state index contributed by atoms with van der Waals surface area (Å²) < 4.78 is 35.2. The maximum atomic E-state index is 13.6. The van der Waals surface area contributed by atoms with Gasteiger partial charge in [-0.1, -0.05) is 0 Å². The third-order valence-corrected chi connectivity index (χ3v) is 2.54. The molecule has 0 spiro atoms. The highest BCUT2D eigenvalue weighted by Gasteiger charge is 2.24. The molecular weight excluding hydrogens is 288 g/mol. The average Bonchev–Trinajstić information content (AvgIpc) is 2.45. The van der Waals surface area contributed by atoms with E-state index >= 15 is 0 Å². The fourth-order valence-corrected chi connectivity index (χ4v) is 1.47. The van der Waals surface area contributed by atoms with E-state index < -0.39 is 48.1 Å². The van der Waals surface area contributed by atoms with Gasteiger partial charge in [-0.2, -0.15) is 0 Å². The van der Waals surface area contributed by atoms with Crippen LogP contribution < -0.4 is 0 Å². The maximum absolute atomic E-state index is 13.6. The molecule has 0 aliphatic carbocycles. The molecule has 0 saturated carbocycles. The monoisotopic (exact) mass is 301 g/mol. The van der Waals surface area contributed by atoms with Gasteiger partial charge in [-0.15, -0.1) is 0 Å². The number of carbonyl (C=O) groups is 3. The first-order valence-corrected chi connectivity index (χ1v) is 5.77. The van der Waals surface area contributed by atoms with Gasteiger partial charge in [-0.25, -0.2) is 8.78 Å². The second-order valence-corrected chi connectivity index (χ2v) is 3.94. The Morgan fingerprint density at radius 1 is 1.05 bits per heavy atom. The standard InChI is InChI=1S/C13H13F2NO5/c1-20-11(17)6-16(7-12(18)21-2)13(19)9-4-3-8(14)5-10(9)15/h3-5H,6-7H2,1-2H3. The van der Waals surface area contributed by atoms with Crippen LogP contribution in [-0.2, 0) is 19.1 Å². The Morgan fingerprint density at radius 3 is 2.00 bits per heavy atom. The normalized spacial score (nSPS) is 9.90. The van der Waals surface area contributed by atoms with Crippen LogP contribution in [-0.4, -0.2) is 50.1 Å². The summed E-state index contributed by atoms with van der Waals surface area (Å²) in [5.41, 5.74) is -0.468. The Labute approximate surface area is 119 Å². The summed E-state index contributed by atoms with van der Waals surface area (Å²) in [6.45, 7) is -1.14. The van der Waals surface area contributed by atoms with E-state index in [4.69, 9.17) is 0 Å². The SMILES string of the molecule is COC(=O)CN(CC(=O)OC)C(=O)c1ccc(F)cc1F. The van der Waals surface area contributed by atoms with E-state index in [1.54, 1.807) is 0 Å². The Bertz CT molecular complexity index is 543. The smallest absolute Gasteiger partial charge is 0.325 e. The van der Waals surface area contributed by atoms with Crippen LogP contribution >= 0.6 is 0 Å². The van der Waals surface area contributed by atoms with Crippen LogP contribution in [0.3, 0.4) is 0 Å². The predicted molar refractivity (Wildman–Crippen MR) is 66.3 cm³/mol. The van der Waals surface area contributed by atoms with Crippen molar-refractivity contribution < 1.29 is 32.6 Å². The molecule has 0 N–H and O–H groups in total. The number of rotatable bonds is 5. The molecule has 6 nitrogen and oxygen atoms in total. The number of nitrogens with zero attached hydrogens (tertiary/aromatic N) is 1. The first-order valence-electron chi connectivity index (χ1n) is 5.77. The zero-order chi connectivity index (χ0) is 16.0. The molecule has 8 heteroatoms. The van der Waals surface area contributed by atoms with Crippen molar-refractivity contribution in [3.05, 3.63) is 35.4 Å². The summed E-state index contributed by atoms with van der Waals surface area (Å²) in [5, 5.41) is 0. The van der Waals surface area contributed by atoms with Gasteiger partial charge >= 0.3 is 11.9 Å². The number of methoxy groups -OCH3 is 2. The zero-order valence-electron chi connectivity index (χ0n) is 11.4. The topological polar surface area (TPSA) is 72.9 Å². The molecule has 1 amide bonds. The van der Waals surface area contributed by atoms with Gasteiger partial charge in [0, 0.05) is 6.07 Å². The first kappa shape index (κ1) is 16.5. The fraction of sp³-hybridized carbons (Fsp3) is 0.308. The van der Waals surface area contributed by atoms with Gasteiger partial charge in [0.05, 0.1) is 19.8 Å². The average molecular weight is 301 g/mol. The van der Waals surface area contributed by atoms with E-state index in [0.29, 0.717) is 6.07 Å².